The molecule has 1 unspecified atom stereocenters. The summed E-state index contributed by atoms with van der Waals surface area (Å²) >= 11 is 0. The van der Waals surface area contributed by atoms with Crippen molar-refractivity contribution in [3.8, 4) is 0 Å². The first kappa shape index (κ1) is 14.4. The van der Waals surface area contributed by atoms with Gasteiger partial charge in [-0.1, -0.05) is 23.4 Å². The lowest BCUT2D eigenvalue weighted by molar-refractivity contribution is 0.0937. The van der Waals surface area contributed by atoms with Gasteiger partial charge in [0.05, 0.1) is 5.69 Å². The van der Waals surface area contributed by atoms with E-state index in [1.807, 2.05) is 37.3 Å². The Labute approximate surface area is 128 Å². The van der Waals surface area contributed by atoms with Crippen LogP contribution in [0.5, 0.6) is 0 Å². The molecule has 0 aliphatic rings. The highest BCUT2D eigenvalue weighted by molar-refractivity contribution is 5.96. The van der Waals surface area contributed by atoms with Crippen LogP contribution in [-0.4, -0.2) is 17.1 Å². The van der Waals surface area contributed by atoms with Gasteiger partial charge in [0.15, 0.2) is 0 Å². The van der Waals surface area contributed by atoms with E-state index >= 15 is 0 Å². The summed E-state index contributed by atoms with van der Waals surface area (Å²) in [7, 11) is 0. The summed E-state index contributed by atoms with van der Waals surface area (Å²) in [6.45, 7) is 5.44. The number of benzene rings is 1. The van der Waals surface area contributed by atoms with Crippen molar-refractivity contribution in [2.24, 2.45) is 0 Å². The van der Waals surface area contributed by atoms with E-state index in [1.54, 1.807) is 13.8 Å². The summed E-state index contributed by atoms with van der Waals surface area (Å²) < 4.78 is 10.8. The Morgan fingerprint density at radius 2 is 2.09 bits per heavy atom. The van der Waals surface area contributed by atoms with Crippen molar-refractivity contribution in [3.05, 3.63) is 53.1 Å². The minimum Gasteiger partial charge on any atom is -0.461 e. The van der Waals surface area contributed by atoms with Gasteiger partial charge in [-0.05, 0) is 32.9 Å². The number of para-hydroxylation sites is 1. The molecule has 114 valence electrons. The van der Waals surface area contributed by atoms with Gasteiger partial charge in [0, 0.05) is 17.8 Å². The number of nitrogens with zero attached hydrogens (tertiary/aromatic N) is 1. The lowest BCUT2D eigenvalue weighted by atomic mass is 10.1. The van der Waals surface area contributed by atoms with Crippen molar-refractivity contribution < 1.29 is 13.7 Å². The largest absolute Gasteiger partial charge is 0.461 e. The molecule has 0 radical (unpaired) electrons. The molecule has 5 heteroatoms. The highest BCUT2D eigenvalue weighted by Gasteiger charge is 2.19. The molecule has 0 fully saturated rings. The van der Waals surface area contributed by atoms with Gasteiger partial charge < -0.3 is 14.3 Å². The van der Waals surface area contributed by atoms with Gasteiger partial charge in [0.25, 0.3) is 5.91 Å². The fourth-order valence-corrected chi connectivity index (χ4v) is 2.59. The van der Waals surface area contributed by atoms with Gasteiger partial charge in [0.1, 0.15) is 22.7 Å². The van der Waals surface area contributed by atoms with Crippen LogP contribution in [0.15, 0.2) is 39.3 Å². The number of fused-ring (bicyclic) bond motifs is 1. The third-order valence-corrected chi connectivity index (χ3v) is 3.62. The number of hydrogen-bond acceptors (Lipinski definition) is 4. The SMILES string of the molecule is Cc1noc(C)c1C(=O)NC(C)Cc1cc2ccccc2o1. The van der Waals surface area contributed by atoms with Crippen LogP contribution in [0.3, 0.4) is 0 Å². The van der Waals surface area contributed by atoms with Gasteiger partial charge in [-0.3, -0.25) is 4.79 Å². The van der Waals surface area contributed by atoms with Crippen molar-refractivity contribution in [1.29, 1.82) is 0 Å². The fourth-order valence-electron chi connectivity index (χ4n) is 2.59. The third-order valence-electron chi connectivity index (χ3n) is 3.62. The number of furan rings is 1. The second kappa shape index (κ2) is 5.67. The minimum atomic E-state index is -0.167. The molecule has 0 saturated heterocycles. The standard InChI is InChI=1S/C17H18N2O3/c1-10(18-17(20)16-11(2)19-22-12(16)3)8-14-9-13-6-4-5-7-15(13)21-14/h4-7,9-10H,8H2,1-3H3,(H,18,20). The van der Waals surface area contributed by atoms with E-state index in [0.29, 0.717) is 23.4 Å². The zero-order valence-corrected chi connectivity index (χ0v) is 12.8. The van der Waals surface area contributed by atoms with E-state index in [-0.39, 0.29) is 11.9 Å². The first-order chi connectivity index (χ1) is 10.5. The van der Waals surface area contributed by atoms with Gasteiger partial charge >= 0.3 is 0 Å². The summed E-state index contributed by atoms with van der Waals surface area (Å²) in [5.41, 5.74) is 1.98. The van der Waals surface area contributed by atoms with Crippen molar-refractivity contribution in [2.45, 2.75) is 33.2 Å². The molecule has 1 atom stereocenters. The maximum absolute atomic E-state index is 12.3. The minimum absolute atomic E-state index is 0.0539. The molecule has 0 bridgehead atoms. The number of nitrogens with one attached hydrogen (secondary N) is 1. The van der Waals surface area contributed by atoms with E-state index < -0.39 is 0 Å². The molecule has 2 aromatic heterocycles. The number of aryl methyl sites for hydroxylation is 2. The van der Waals surface area contributed by atoms with E-state index in [4.69, 9.17) is 8.94 Å². The van der Waals surface area contributed by atoms with Crippen LogP contribution >= 0.6 is 0 Å². The second-order valence-corrected chi connectivity index (χ2v) is 5.53. The van der Waals surface area contributed by atoms with Gasteiger partial charge in [0.2, 0.25) is 0 Å². The van der Waals surface area contributed by atoms with Crippen LogP contribution in [0.1, 0.15) is 34.5 Å². The molecule has 3 rings (SSSR count). The molecule has 1 N–H and O–H groups in total. The number of aromatic nitrogens is 1. The zero-order valence-electron chi connectivity index (χ0n) is 12.8. The number of rotatable bonds is 4. The van der Waals surface area contributed by atoms with E-state index in [0.717, 1.165) is 16.7 Å². The Bertz CT molecular complexity index is 764. The average molecular weight is 298 g/mol. The van der Waals surface area contributed by atoms with Crippen molar-refractivity contribution >= 4 is 16.9 Å². The fraction of sp³-hybridized carbons (Fsp3) is 0.294. The summed E-state index contributed by atoms with van der Waals surface area (Å²) in [6, 6.07) is 9.82. The molecular weight excluding hydrogens is 280 g/mol. The molecule has 0 saturated carbocycles. The Kier molecular flexibility index (Phi) is 3.71. The predicted octanol–water partition coefficient (Wildman–Crippen LogP) is 3.40. The molecule has 1 aromatic carbocycles. The number of carbonyl (C=O) groups is 1. The number of hydrogen-bond donors (Lipinski definition) is 1. The van der Waals surface area contributed by atoms with Crippen LogP contribution in [0, 0.1) is 13.8 Å². The van der Waals surface area contributed by atoms with Crippen LogP contribution in [0.4, 0.5) is 0 Å². The van der Waals surface area contributed by atoms with Gasteiger partial charge in [-0.2, -0.15) is 0 Å². The Hall–Kier alpha value is -2.56. The maximum Gasteiger partial charge on any atom is 0.257 e. The zero-order chi connectivity index (χ0) is 15.7. The molecular formula is C17H18N2O3. The lowest BCUT2D eigenvalue weighted by Crippen LogP contribution is -2.34. The Balaban J connectivity index is 1.69. The van der Waals surface area contributed by atoms with E-state index in [1.165, 1.54) is 0 Å². The van der Waals surface area contributed by atoms with Gasteiger partial charge in [-0.25, -0.2) is 0 Å². The highest BCUT2D eigenvalue weighted by Crippen LogP contribution is 2.20. The maximum atomic E-state index is 12.3. The van der Waals surface area contributed by atoms with Crippen LogP contribution < -0.4 is 5.32 Å². The number of carbonyl (C=O) groups excluding carboxylic acids is 1. The summed E-state index contributed by atoms with van der Waals surface area (Å²) in [5.74, 6) is 1.22. The second-order valence-electron chi connectivity index (χ2n) is 5.53. The number of amides is 1. The molecule has 3 aromatic rings. The molecule has 22 heavy (non-hydrogen) atoms. The summed E-state index contributed by atoms with van der Waals surface area (Å²) in [4.78, 5) is 12.3. The topological polar surface area (TPSA) is 68.3 Å². The smallest absolute Gasteiger partial charge is 0.257 e. The predicted molar refractivity (Wildman–Crippen MR) is 82.8 cm³/mol. The average Bonchev–Trinajstić information content (AvgIpc) is 3.01. The molecule has 0 spiro atoms. The Morgan fingerprint density at radius 1 is 1.32 bits per heavy atom. The van der Waals surface area contributed by atoms with Crippen molar-refractivity contribution in [1.82, 2.24) is 10.5 Å². The van der Waals surface area contributed by atoms with Crippen LogP contribution in [-0.2, 0) is 6.42 Å². The molecule has 5 nitrogen and oxygen atoms in total. The van der Waals surface area contributed by atoms with Crippen LogP contribution in [0.2, 0.25) is 0 Å². The third kappa shape index (κ3) is 2.74. The quantitative estimate of drug-likeness (QED) is 0.801. The van der Waals surface area contributed by atoms with E-state index in [9.17, 15) is 4.79 Å². The first-order valence-corrected chi connectivity index (χ1v) is 7.26. The van der Waals surface area contributed by atoms with Crippen LogP contribution in [0.25, 0.3) is 11.0 Å². The Morgan fingerprint density at radius 3 is 2.77 bits per heavy atom. The van der Waals surface area contributed by atoms with Crippen molar-refractivity contribution in [3.63, 3.8) is 0 Å². The van der Waals surface area contributed by atoms with Crippen molar-refractivity contribution in [2.75, 3.05) is 0 Å². The highest BCUT2D eigenvalue weighted by atomic mass is 16.5. The molecule has 2 heterocycles. The molecule has 0 aliphatic heterocycles. The normalized spacial score (nSPS) is 12.5. The van der Waals surface area contributed by atoms with Gasteiger partial charge in [-0.15, -0.1) is 0 Å². The summed E-state index contributed by atoms with van der Waals surface area (Å²) in [5, 5.41) is 7.83. The molecule has 1 amide bonds. The summed E-state index contributed by atoms with van der Waals surface area (Å²) in [6.07, 6.45) is 0.629. The lowest BCUT2D eigenvalue weighted by Gasteiger charge is -2.12. The first-order valence-electron chi connectivity index (χ1n) is 7.26. The van der Waals surface area contributed by atoms with E-state index in [2.05, 4.69) is 10.5 Å². The molecule has 0 aliphatic carbocycles. The monoisotopic (exact) mass is 298 g/mol.